The summed E-state index contributed by atoms with van der Waals surface area (Å²) in [5.41, 5.74) is 7.56. The van der Waals surface area contributed by atoms with E-state index in [1.807, 2.05) is 43.5 Å². The minimum absolute atomic E-state index is 0. The lowest BCUT2D eigenvalue weighted by molar-refractivity contribution is -0.132. The molecule has 0 saturated carbocycles. The Labute approximate surface area is 147 Å². The van der Waals surface area contributed by atoms with Crippen molar-refractivity contribution in [2.75, 3.05) is 6.54 Å². The number of carbonyl (C=O) groups is 1. The molecule has 24 heavy (non-hydrogen) atoms. The Morgan fingerprint density at radius 2 is 2.21 bits per heavy atom. The number of para-hydroxylation sites is 1. The van der Waals surface area contributed by atoms with E-state index < -0.39 is 6.10 Å². The maximum atomic E-state index is 12.4. The molecule has 3 atom stereocenters. The molecule has 3 rings (SSSR count). The Bertz CT molecular complexity index is 662. The average molecular weight is 351 g/mol. The van der Waals surface area contributed by atoms with E-state index in [0.717, 1.165) is 24.1 Å². The molecule has 1 aliphatic heterocycles. The maximum absolute atomic E-state index is 12.4. The zero-order valence-electron chi connectivity index (χ0n) is 13.6. The van der Waals surface area contributed by atoms with Gasteiger partial charge in [0.2, 0.25) is 5.91 Å². The molecule has 7 heteroatoms. The second-order valence-corrected chi connectivity index (χ2v) is 5.80. The molecule has 1 unspecified atom stereocenters. The van der Waals surface area contributed by atoms with Gasteiger partial charge in [0.25, 0.3) is 0 Å². The van der Waals surface area contributed by atoms with Crippen molar-refractivity contribution in [3.63, 3.8) is 0 Å². The molecular formula is C17H23ClN4O2. The summed E-state index contributed by atoms with van der Waals surface area (Å²) in [6.45, 7) is 2.43. The van der Waals surface area contributed by atoms with Gasteiger partial charge in [0.05, 0.1) is 17.8 Å². The van der Waals surface area contributed by atoms with Crippen LogP contribution in [0.15, 0.2) is 42.7 Å². The molecule has 2 aromatic rings. The first kappa shape index (κ1) is 18.4. The van der Waals surface area contributed by atoms with Crippen molar-refractivity contribution in [3.05, 3.63) is 48.3 Å². The molecule has 0 bridgehead atoms. The number of halogens is 1. The topological polar surface area (TPSA) is 82.2 Å². The van der Waals surface area contributed by atoms with Crippen molar-refractivity contribution in [2.24, 2.45) is 5.73 Å². The minimum atomic E-state index is -0.400. The zero-order chi connectivity index (χ0) is 16.2. The standard InChI is InChI=1S/C17H22N4O2.ClH/c1-12(20-17(22)16-8-7-13(11-18)23-16)14-5-2-3-6-15(14)21-10-4-9-19-21;/h2-6,9-10,12-13,16H,7-8,11,18H2,1H3,(H,20,22);1H/t12?,13-,16+;/m1./s1. The summed E-state index contributed by atoms with van der Waals surface area (Å²) in [7, 11) is 0. The molecular weight excluding hydrogens is 328 g/mol. The second kappa shape index (κ2) is 8.28. The van der Waals surface area contributed by atoms with E-state index in [1.165, 1.54) is 0 Å². The van der Waals surface area contributed by atoms with Crippen molar-refractivity contribution >= 4 is 18.3 Å². The van der Waals surface area contributed by atoms with Gasteiger partial charge < -0.3 is 15.8 Å². The molecule has 0 spiro atoms. The fourth-order valence-corrected chi connectivity index (χ4v) is 2.93. The van der Waals surface area contributed by atoms with Crippen LogP contribution in [0.1, 0.15) is 31.4 Å². The number of amides is 1. The highest BCUT2D eigenvalue weighted by Crippen LogP contribution is 2.23. The highest BCUT2D eigenvalue weighted by atomic mass is 35.5. The van der Waals surface area contributed by atoms with Crippen LogP contribution in [0.4, 0.5) is 0 Å². The molecule has 1 fully saturated rings. The highest BCUT2D eigenvalue weighted by molar-refractivity contribution is 5.85. The lowest BCUT2D eigenvalue weighted by Gasteiger charge is -2.20. The normalized spacial score (nSPS) is 21.1. The fraction of sp³-hybridized carbons (Fsp3) is 0.412. The number of rotatable bonds is 5. The smallest absolute Gasteiger partial charge is 0.249 e. The van der Waals surface area contributed by atoms with Crippen LogP contribution >= 0.6 is 12.4 Å². The van der Waals surface area contributed by atoms with Gasteiger partial charge in [-0.25, -0.2) is 4.68 Å². The quantitative estimate of drug-likeness (QED) is 0.863. The van der Waals surface area contributed by atoms with E-state index in [0.29, 0.717) is 6.54 Å². The predicted molar refractivity (Wildman–Crippen MR) is 94.3 cm³/mol. The number of nitrogens with two attached hydrogens (primary N) is 1. The van der Waals surface area contributed by atoms with Crippen LogP contribution in [0.5, 0.6) is 0 Å². The number of carbonyl (C=O) groups excluding carboxylic acids is 1. The Hall–Kier alpha value is -1.89. The van der Waals surface area contributed by atoms with Crippen molar-refractivity contribution in [1.82, 2.24) is 15.1 Å². The fourth-order valence-electron chi connectivity index (χ4n) is 2.93. The summed E-state index contributed by atoms with van der Waals surface area (Å²) in [5, 5.41) is 7.31. The van der Waals surface area contributed by atoms with Crippen LogP contribution in [-0.4, -0.2) is 34.4 Å². The molecule has 1 aliphatic rings. The molecule has 130 valence electrons. The van der Waals surface area contributed by atoms with Gasteiger partial charge in [-0.1, -0.05) is 18.2 Å². The minimum Gasteiger partial charge on any atom is -0.364 e. The molecule has 6 nitrogen and oxygen atoms in total. The van der Waals surface area contributed by atoms with E-state index in [2.05, 4.69) is 10.4 Å². The first-order valence-corrected chi connectivity index (χ1v) is 7.94. The Morgan fingerprint density at radius 3 is 2.88 bits per heavy atom. The Balaban J connectivity index is 0.00000208. The molecule has 1 saturated heterocycles. The third kappa shape index (κ3) is 3.95. The molecule has 0 aliphatic carbocycles. The summed E-state index contributed by atoms with van der Waals surface area (Å²) >= 11 is 0. The average Bonchev–Trinajstić information content (AvgIpc) is 3.26. The second-order valence-electron chi connectivity index (χ2n) is 5.80. The lowest BCUT2D eigenvalue weighted by Crippen LogP contribution is -2.37. The van der Waals surface area contributed by atoms with Crippen molar-refractivity contribution < 1.29 is 9.53 Å². The Kier molecular flexibility index (Phi) is 6.36. The zero-order valence-corrected chi connectivity index (χ0v) is 14.4. The summed E-state index contributed by atoms with van der Waals surface area (Å²) in [6, 6.07) is 9.65. The van der Waals surface area contributed by atoms with Crippen LogP contribution in [0.2, 0.25) is 0 Å². The van der Waals surface area contributed by atoms with Gasteiger partial charge in [-0.15, -0.1) is 12.4 Å². The van der Waals surface area contributed by atoms with Crippen LogP contribution in [-0.2, 0) is 9.53 Å². The van der Waals surface area contributed by atoms with Crippen LogP contribution < -0.4 is 11.1 Å². The number of hydrogen-bond acceptors (Lipinski definition) is 4. The third-order valence-corrected chi connectivity index (χ3v) is 4.18. The van der Waals surface area contributed by atoms with Crippen molar-refractivity contribution in [3.8, 4) is 5.69 Å². The third-order valence-electron chi connectivity index (χ3n) is 4.18. The first-order chi connectivity index (χ1) is 11.2. The maximum Gasteiger partial charge on any atom is 0.249 e. The first-order valence-electron chi connectivity index (χ1n) is 7.94. The van der Waals surface area contributed by atoms with Gasteiger partial charge in [-0.3, -0.25) is 4.79 Å². The van der Waals surface area contributed by atoms with E-state index >= 15 is 0 Å². The van der Waals surface area contributed by atoms with Gasteiger partial charge >= 0.3 is 0 Å². The molecule has 2 heterocycles. The van der Waals surface area contributed by atoms with E-state index in [-0.39, 0.29) is 30.5 Å². The van der Waals surface area contributed by atoms with Crippen LogP contribution in [0.25, 0.3) is 5.69 Å². The summed E-state index contributed by atoms with van der Waals surface area (Å²) < 4.78 is 7.46. The van der Waals surface area contributed by atoms with Crippen LogP contribution in [0, 0.1) is 0 Å². The largest absolute Gasteiger partial charge is 0.364 e. The van der Waals surface area contributed by atoms with Gasteiger partial charge in [0.15, 0.2) is 0 Å². The summed E-state index contributed by atoms with van der Waals surface area (Å²) in [4.78, 5) is 12.4. The number of hydrogen-bond donors (Lipinski definition) is 2. The van der Waals surface area contributed by atoms with Crippen molar-refractivity contribution in [2.45, 2.75) is 38.0 Å². The van der Waals surface area contributed by atoms with Gasteiger partial charge in [-0.2, -0.15) is 5.10 Å². The molecule has 1 aromatic heterocycles. The summed E-state index contributed by atoms with van der Waals surface area (Å²) in [5.74, 6) is -0.0799. The number of benzene rings is 1. The molecule has 1 aromatic carbocycles. The number of aromatic nitrogens is 2. The van der Waals surface area contributed by atoms with Crippen LogP contribution in [0.3, 0.4) is 0 Å². The van der Waals surface area contributed by atoms with E-state index in [4.69, 9.17) is 10.5 Å². The monoisotopic (exact) mass is 350 g/mol. The highest BCUT2D eigenvalue weighted by Gasteiger charge is 2.30. The molecule has 1 amide bonds. The van der Waals surface area contributed by atoms with Crippen molar-refractivity contribution in [1.29, 1.82) is 0 Å². The van der Waals surface area contributed by atoms with E-state index in [1.54, 1.807) is 10.9 Å². The summed E-state index contributed by atoms with van der Waals surface area (Å²) in [6.07, 6.45) is 4.78. The number of ether oxygens (including phenoxy) is 1. The lowest BCUT2D eigenvalue weighted by atomic mass is 10.1. The predicted octanol–water partition coefficient (Wildman–Crippen LogP) is 1.98. The van der Waals surface area contributed by atoms with E-state index in [9.17, 15) is 4.79 Å². The van der Waals surface area contributed by atoms with Gasteiger partial charge in [0, 0.05) is 18.9 Å². The number of nitrogens with one attached hydrogen (secondary N) is 1. The SMILES string of the molecule is CC(NC(=O)[C@@H]1CC[C@H](CN)O1)c1ccccc1-n1cccn1.Cl. The van der Waals surface area contributed by atoms with Gasteiger partial charge in [0.1, 0.15) is 6.10 Å². The van der Waals surface area contributed by atoms with Gasteiger partial charge in [-0.05, 0) is 37.5 Å². The molecule has 0 radical (unpaired) electrons. The Morgan fingerprint density at radius 1 is 1.42 bits per heavy atom. The molecule has 3 N–H and O–H groups in total. The number of nitrogens with zero attached hydrogens (tertiary/aromatic N) is 2.